The zero-order valence-electron chi connectivity index (χ0n) is 15.8. The standard InChI is InChI=1S/C19H16F3NO5S3/c1-18(24,19(20,21)22)13-7-9-14(10-8-13)23-31(27,28)17-11-16(12-29-17)30(25,26)15-5-3-2-4-6-15/h2-12,23-24H,1H3. The van der Waals surface area contributed by atoms with Gasteiger partial charge in [0.05, 0.1) is 9.79 Å². The van der Waals surface area contributed by atoms with E-state index in [1.807, 2.05) is 0 Å². The number of hydrogen-bond donors (Lipinski definition) is 2. The Balaban J connectivity index is 1.84. The van der Waals surface area contributed by atoms with Crippen LogP contribution in [0.5, 0.6) is 0 Å². The monoisotopic (exact) mass is 491 g/mol. The molecule has 0 radical (unpaired) electrons. The summed E-state index contributed by atoms with van der Waals surface area (Å²) in [6.45, 7) is 0.590. The van der Waals surface area contributed by atoms with E-state index < -0.39 is 37.2 Å². The number of alkyl halides is 3. The maximum Gasteiger partial charge on any atom is 0.421 e. The lowest BCUT2D eigenvalue weighted by molar-refractivity contribution is -0.258. The van der Waals surface area contributed by atoms with Crippen molar-refractivity contribution in [1.82, 2.24) is 0 Å². The van der Waals surface area contributed by atoms with Gasteiger partial charge in [0.15, 0.2) is 5.60 Å². The van der Waals surface area contributed by atoms with E-state index >= 15 is 0 Å². The maximum atomic E-state index is 12.9. The summed E-state index contributed by atoms with van der Waals surface area (Å²) in [5.41, 5.74) is -3.61. The number of thiophene rings is 1. The van der Waals surface area contributed by atoms with Crippen LogP contribution in [-0.4, -0.2) is 28.1 Å². The minimum Gasteiger partial charge on any atom is -0.376 e. The quantitative estimate of drug-likeness (QED) is 0.540. The van der Waals surface area contributed by atoms with Gasteiger partial charge in [-0.2, -0.15) is 13.2 Å². The van der Waals surface area contributed by atoms with Crippen LogP contribution in [0.2, 0.25) is 0 Å². The van der Waals surface area contributed by atoms with Crippen molar-refractivity contribution in [2.45, 2.75) is 32.7 Å². The van der Waals surface area contributed by atoms with Gasteiger partial charge >= 0.3 is 6.18 Å². The van der Waals surface area contributed by atoms with Crippen LogP contribution in [0.1, 0.15) is 12.5 Å². The minimum atomic E-state index is -4.91. The van der Waals surface area contributed by atoms with Crippen molar-refractivity contribution in [3.8, 4) is 0 Å². The van der Waals surface area contributed by atoms with E-state index in [9.17, 15) is 35.1 Å². The second kappa shape index (κ2) is 7.93. The van der Waals surface area contributed by atoms with E-state index in [0.29, 0.717) is 18.3 Å². The molecule has 0 bridgehead atoms. The first-order chi connectivity index (χ1) is 14.2. The number of halogens is 3. The average Bonchev–Trinajstić information content (AvgIpc) is 3.20. The first-order valence-corrected chi connectivity index (χ1v) is 12.4. The lowest BCUT2D eigenvalue weighted by Gasteiger charge is -2.26. The molecule has 166 valence electrons. The molecule has 1 unspecified atom stereocenters. The summed E-state index contributed by atoms with van der Waals surface area (Å²) in [5, 5.41) is 10.9. The minimum absolute atomic E-state index is 0.0111. The number of nitrogens with one attached hydrogen (secondary N) is 1. The van der Waals surface area contributed by atoms with E-state index in [0.717, 1.165) is 30.3 Å². The summed E-state index contributed by atoms with van der Waals surface area (Å²) in [7, 11) is -8.10. The Morgan fingerprint density at radius 2 is 1.48 bits per heavy atom. The molecule has 1 heterocycles. The Labute approximate surface area is 181 Å². The van der Waals surface area contributed by atoms with Crippen molar-refractivity contribution < 1.29 is 35.1 Å². The van der Waals surface area contributed by atoms with Crippen LogP contribution in [0.4, 0.5) is 18.9 Å². The molecule has 6 nitrogen and oxygen atoms in total. The van der Waals surface area contributed by atoms with Gasteiger partial charge in [-0.1, -0.05) is 30.3 Å². The number of rotatable bonds is 6. The lowest BCUT2D eigenvalue weighted by atomic mass is 9.95. The molecule has 12 heteroatoms. The highest BCUT2D eigenvalue weighted by atomic mass is 32.2. The van der Waals surface area contributed by atoms with Crippen molar-refractivity contribution in [2.24, 2.45) is 0 Å². The first-order valence-electron chi connectivity index (χ1n) is 8.56. The van der Waals surface area contributed by atoms with Crippen LogP contribution in [0.3, 0.4) is 0 Å². The number of hydrogen-bond acceptors (Lipinski definition) is 6. The molecule has 1 atom stereocenters. The summed E-state index contributed by atoms with van der Waals surface area (Å²) in [6.07, 6.45) is -4.91. The van der Waals surface area contributed by atoms with Gasteiger partial charge in [-0.05, 0) is 42.8 Å². The average molecular weight is 492 g/mol. The van der Waals surface area contributed by atoms with Gasteiger partial charge in [0.25, 0.3) is 10.0 Å². The fourth-order valence-corrected chi connectivity index (χ4v) is 6.51. The number of sulfone groups is 1. The molecule has 2 aromatic carbocycles. The Morgan fingerprint density at radius 1 is 0.903 bits per heavy atom. The molecule has 1 aromatic heterocycles. The van der Waals surface area contributed by atoms with Gasteiger partial charge in [0.1, 0.15) is 4.21 Å². The van der Waals surface area contributed by atoms with Crippen LogP contribution in [-0.2, 0) is 25.5 Å². The van der Waals surface area contributed by atoms with Gasteiger partial charge in [0.2, 0.25) is 9.84 Å². The van der Waals surface area contributed by atoms with Crippen molar-refractivity contribution >= 4 is 36.9 Å². The molecule has 0 fully saturated rings. The van der Waals surface area contributed by atoms with Crippen LogP contribution < -0.4 is 4.72 Å². The van der Waals surface area contributed by atoms with Gasteiger partial charge in [0, 0.05) is 11.1 Å². The lowest BCUT2D eigenvalue weighted by Crippen LogP contribution is -2.39. The first kappa shape index (κ1) is 23.3. The summed E-state index contributed by atoms with van der Waals surface area (Å²) >= 11 is 0.690. The fourth-order valence-electron chi connectivity index (χ4n) is 2.55. The van der Waals surface area contributed by atoms with E-state index in [1.54, 1.807) is 6.07 Å². The molecule has 3 rings (SSSR count). The van der Waals surface area contributed by atoms with E-state index in [-0.39, 0.29) is 19.7 Å². The smallest absolute Gasteiger partial charge is 0.376 e. The largest absolute Gasteiger partial charge is 0.421 e. The highest BCUT2D eigenvalue weighted by Gasteiger charge is 2.51. The molecule has 0 aliphatic heterocycles. The maximum absolute atomic E-state index is 12.9. The molecule has 0 saturated carbocycles. The number of sulfonamides is 1. The zero-order chi connectivity index (χ0) is 23.1. The molecule has 0 aliphatic carbocycles. The van der Waals surface area contributed by atoms with Crippen LogP contribution in [0.15, 0.2) is 80.0 Å². The van der Waals surface area contributed by atoms with E-state index in [4.69, 9.17) is 0 Å². The Hall–Kier alpha value is -2.41. The Kier molecular flexibility index (Phi) is 5.95. The van der Waals surface area contributed by atoms with Crippen LogP contribution in [0, 0.1) is 0 Å². The van der Waals surface area contributed by atoms with Gasteiger partial charge < -0.3 is 5.11 Å². The predicted octanol–water partition coefficient (Wildman–Crippen LogP) is 4.15. The molecule has 0 aliphatic rings. The molecule has 0 spiro atoms. The summed E-state index contributed by atoms with van der Waals surface area (Å²) in [5.74, 6) is 0. The number of aliphatic hydroxyl groups is 1. The fraction of sp³-hybridized carbons (Fsp3) is 0.158. The van der Waals surface area contributed by atoms with E-state index in [1.165, 1.54) is 29.6 Å². The molecule has 31 heavy (non-hydrogen) atoms. The molecular formula is C19H16F3NO5S3. The molecule has 0 saturated heterocycles. The van der Waals surface area contributed by atoms with Crippen molar-refractivity contribution in [2.75, 3.05) is 4.72 Å². The third kappa shape index (κ3) is 4.61. The van der Waals surface area contributed by atoms with Crippen molar-refractivity contribution in [3.63, 3.8) is 0 Å². The third-order valence-corrected chi connectivity index (χ3v) is 9.15. The van der Waals surface area contributed by atoms with Crippen LogP contribution in [0.25, 0.3) is 0 Å². The molecular weight excluding hydrogens is 475 g/mol. The van der Waals surface area contributed by atoms with E-state index in [2.05, 4.69) is 4.72 Å². The third-order valence-electron chi connectivity index (χ3n) is 4.43. The Bertz CT molecular complexity index is 1280. The second-order valence-corrected chi connectivity index (χ2v) is 11.4. The Morgan fingerprint density at radius 3 is 2.03 bits per heavy atom. The molecule has 0 amide bonds. The summed E-state index contributed by atoms with van der Waals surface area (Å²) < 4.78 is 91.1. The summed E-state index contributed by atoms with van der Waals surface area (Å²) in [6, 6.07) is 12.6. The second-order valence-electron chi connectivity index (χ2n) is 6.67. The summed E-state index contributed by atoms with van der Waals surface area (Å²) in [4.78, 5) is -0.183. The normalized spacial score (nSPS) is 14.7. The van der Waals surface area contributed by atoms with Crippen molar-refractivity contribution in [1.29, 1.82) is 0 Å². The number of benzene rings is 2. The topological polar surface area (TPSA) is 101 Å². The highest BCUT2D eigenvalue weighted by Crippen LogP contribution is 2.39. The SMILES string of the molecule is CC(O)(c1ccc(NS(=O)(=O)c2cc(S(=O)(=O)c3ccccc3)cs2)cc1)C(F)(F)F. The molecule has 2 N–H and O–H groups in total. The number of anilines is 1. The van der Waals surface area contributed by atoms with Gasteiger partial charge in [-0.3, -0.25) is 4.72 Å². The van der Waals surface area contributed by atoms with Crippen LogP contribution >= 0.6 is 11.3 Å². The van der Waals surface area contributed by atoms with Gasteiger partial charge in [-0.15, -0.1) is 11.3 Å². The van der Waals surface area contributed by atoms with Gasteiger partial charge in [-0.25, -0.2) is 16.8 Å². The highest BCUT2D eigenvalue weighted by molar-refractivity contribution is 7.95. The van der Waals surface area contributed by atoms with Crippen molar-refractivity contribution in [3.05, 3.63) is 71.6 Å². The molecule has 3 aromatic rings. The zero-order valence-corrected chi connectivity index (χ0v) is 18.2. The predicted molar refractivity (Wildman–Crippen MR) is 109 cm³/mol.